The molecule has 1 amide bonds. The lowest BCUT2D eigenvalue weighted by atomic mass is 10.0. The van der Waals surface area contributed by atoms with Crippen LogP contribution < -0.4 is 5.73 Å². The normalized spacial score (nSPS) is 12.3. The molecule has 118 valence electrons. The maximum Gasteiger partial charge on any atom is 0.239 e. The predicted molar refractivity (Wildman–Crippen MR) is 96.4 cm³/mol. The molecule has 1 aromatic heterocycles. The second-order valence-corrected chi connectivity index (χ2v) is 6.66. The molecule has 0 aliphatic carbocycles. The summed E-state index contributed by atoms with van der Waals surface area (Å²) in [6.45, 7) is 0.581. The van der Waals surface area contributed by atoms with Crippen molar-refractivity contribution in [2.24, 2.45) is 5.73 Å². The van der Waals surface area contributed by atoms with Gasteiger partial charge in [0.05, 0.1) is 6.04 Å². The standard InChI is InChI=1S/C19H20N2OS/c1-21(12-14-7-3-2-4-8-14)19(22)17(20)11-15-13-23-18-10-6-5-9-16(15)18/h2-10,13,17H,11-12,20H2,1H3/t17-/m0/s1. The van der Waals surface area contributed by atoms with E-state index in [1.54, 1.807) is 23.3 Å². The molecule has 1 heterocycles. The molecule has 0 saturated heterocycles. The van der Waals surface area contributed by atoms with E-state index >= 15 is 0 Å². The minimum absolute atomic E-state index is 0.0239. The molecule has 0 fully saturated rings. The van der Waals surface area contributed by atoms with Crippen molar-refractivity contribution in [2.45, 2.75) is 19.0 Å². The number of amides is 1. The molecule has 3 rings (SSSR count). The highest BCUT2D eigenvalue weighted by molar-refractivity contribution is 7.17. The summed E-state index contributed by atoms with van der Waals surface area (Å²) < 4.78 is 1.24. The van der Waals surface area contributed by atoms with Crippen molar-refractivity contribution in [3.05, 3.63) is 71.1 Å². The summed E-state index contributed by atoms with van der Waals surface area (Å²) >= 11 is 1.70. The summed E-state index contributed by atoms with van der Waals surface area (Å²) in [6, 6.07) is 17.7. The molecule has 0 saturated carbocycles. The second kappa shape index (κ2) is 6.94. The molecule has 0 spiro atoms. The second-order valence-electron chi connectivity index (χ2n) is 5.75. The Morgan fingerprint density at radius 3 is 2.61 bits per heavy atom. The average Bonchev–Trinajstić information content (AvgIpc) is 2.98. The van der Waals surface area contributed by atoms with Crippen LogP contribution in [0.15, 0.2) is 60.0 Å². The van der Waals surface area contributed by atoms with Crippen LogP contribution in [-0.2, 0) is 17.8 Å². The number of hydrogen-bond donors (Lipinski definition) is 1. The lowest BCUT2D eigenvalue weighted by Gasteiger charge is -2.21. The number of likely N-dealkylation sites (N-methyl/N-ethyl adjacent to an activating group) is 1. The third kappa shape index (κ3) is 3.60. The number of hydrogen-bond acceptors (Lipinski definition) is 3. The highest BCUT2D eigenvalue weighted by Crippen LogP contribution is 2.26. The van der Waals surface area contributed by atoms with E-state index in [4.69, 9.17) is 5.73 Å². The van der Waals surface area contributed by atoms with Crippen LogP contribution >= 0.6 is 11.3 Å². The Hall–Kier alpha value is -2.17. The highest BCUT2D eigenvalue weighted by Gasteiger charge is 2.20. The number of rotatable bonds is 5. The zero-order chi connectivity index (χ0) is 16.2. The number of benzene rings is 2. The zero-order valence-corrected chi connectivity index (χ0v) is 13.9. The molecule has 2 N–H and O–H groups in total. The summed E-state index contributed by atoms with van der Waals surface area (Å²) in [5, 5.41) is 3.31. The first kappa shape index (κ1) is 15.7. The van der Waals surface area contributed by atoms with Gasteiger partial charge in [0.1, 0.15) is 0 Å². The Morgan fingerprint density at radius 1 is 1.13 bits per heavy atom. The maximum atomic E-state index is 12.5. The largest absolute Gasteiger partial charge is 0.340 e. The van der Waals surface area contributed by atoms with Crippen LogP contribution in [0.25, 0.3) is 10.1 Å². The highest BCUT2D eigenvalue weighted by atomic mass is 32.1. The number of thiophene rings is 1. The van der Waals surface area contributed by atoms with Crippen LogP contribution in [0.3, 0.4) is 0 Å². The first-order valence-electron chi connectivity index (χ1n) is 7.65. The number of nitrogens with zero attached hydrogens (tertiary/aromatic N) is 1. The third-order valence-corrected chi connectivity index (χ3v) is 4.97. The van der Waals surface area contributed by atoms with Gasteiger partial charge in [-0.15, -0.1) is 11.3 Å². The van der Waals surface area contributed by atoms with Gasteiger partial charge in [0.15, 0.2) is 0 Å². The lowest BCUT2D eigenvalue weighted by molar-refractivity contribution is -0.131. The molecule has 3 aromatic rings. The molecular weight excluding hydrogens is 304 g/mol. The first-order chi connectivity index (χ1) is 11.1. The van der Waals surface area contributed by atoms with E-state index in [1.165, 1.54) is 10.1 Å². The molecular formula is C19H20N2OS. The zero-order valence-electron chi connectivity index (χ0n) is 13.1. The quantitative estimate of drug-likeness (QED) is 0.781. The van der Waals surface area contributed by atoms with Crippen LogP contribution in [-0.4, -0.2) is 23.9 Å². The van der Waals surface area contributed by atoms with Crippen molar-refractivity contribution >= 4 is 27.3 Å². The van der Waals surface area contributed by atoms with Crippen molar-refractivity contribution in [1.82, 2.24) is 4.90 Å². The van der Waals surface area contributed by atoms with Gasteiger partial charge in [0.2, 0.25) is 5.91 Å². The molecule has 0 unspecified atom stereocenters. The predicted octanol–water partition coefficient (Wildman–Crippen LogP) is 3.43. The molecule has 4 heteroatoms. The topological polar surface area (TPSA) is 46.3 Å². The molecule has 1 atom stereocenters. The Labute approximate surface area is 140 Å². The van der Waals surface area contributed by atoms with Gasteiger partial charge < -0.3 is 10.6 Å². The fraction of sp³-hybridized carbons (Fsp3) is 0.211. The van der Waals surface area contributed by atoms with E-state index in [9.17, 15) is 4.79 Å². The van der Waals surface area contributed by atoms with Gasteiger partial charge in [-0.25, -0.2) is 0 Å². The summed E-state index contributed by atoms with van der Waals surface area (Å²) in [5.41, 5.74) is 8.43. The van der Waals surface area contributed by atoms with E-state index in [0.717, 1.165) is 11.1 Å². The minimum atomic E-state index is -0.512. The Morgan fingerprint density at radius 2 is 1.83 bits per heavy atom. The van der Waals surface area contributed by atoms with Crippen LogP contribution in [0.4, 0.5) is 0 Å². The summed E-state index contributed by atoms with van der Waals surface area (Å²) in [5.74, 6) is -0.0239. The molecule has 0 bridgehead atoms. The van der Waals surface area contributed by atoms with Crippen LogP contribution in [0.5, 0.6) is 0 Å². The van der Waals surface area contributed by atoms with E-state index in [0.29, 0.717) is 13.0 Å². The number of carbonyl (C=O) groups excluding carboxylic acids is 1. The number of fused-ring (bicyclic) bond motifs is 1. The Kier molecular flexibility index (Phi) is 4.74. The van der Waals surface area contributed by atoms with Gasteiger partial charge in [-0.2, -0.15) is 0 Å². The maximum absolute atomic E-state index is 12.5. The first-order valence-corrected chi connectivity index (χ1v) is 8.52. The van der Waals surface area contributed by atoms with Crippen molar-refractivity contribution in [1.29, 1.82) is 0 Å². The fourth-order valence-electron chi connectivity index (χ4n) is 2.73. The molecule has 0 aliphatic rings. The van der Waals surface area contributed by atoms with Crippen LogP contribution in [0.2, 0.25) is 0 Å². The van der Waals surface area contributed by atoms with E-state index in [1.807, 2.05) is 42.5 Å². The van der Waals surface area contributed by atoms with E-state index in [2.05, 4.69) is 17.5 Å². The van der Waals surface area contributed by atoms with Crippen LogP contribution in [0.1, 0.15) is 11.1 Å². The SMILES string of the molecule is CN(Cc1ccccc1)C(=O)[C@@H](N)Cc1csc2ccccc12. The van der Waals surface area contributed by atoms with Gasteiger partial charge in [0, 0.05) is 18.3 Å². The average molecular weight is 324 g/mol. The molecule has 0 radical (unpaired) electrons. The smallest absolute Gasteiger partial charge is 0.239 e. The minimum Gasteiger partial charge on any atom is -0.340 e. The van der Waals surface area contributed by atoms with E-state index < -0.39 is 6.04 Å². The molecule has 0 aliphatic heterocycles. The number of carbonyl (C=O) groups is 1. The van der Waals surface area contributed by atoms with Gasteiger partial charge in [-0.1, -0.05) is 48.5 Å². The van der Waals surface area contributed by atoms with Crippen molar-refractivity contribution in [3.63, 3.8) is 0 Å². The molecule has 2 aromatic carbocycles. The number of nitrogens with two attached hydrogens (primary N) is 1. The Balaban J connectivity index is 1.67. The van der Waals surface area contributed by atoms with Gasteiger partial charge in [0.25, 0.3) is 0 Å². The molecule has 3 nitrogen and oxygen atoms in total. The van der Waals surface area contributed by atoms with Crippen molar-refractivity contribution in [3.8, 4) is 0 Å². The Bertz CT molecular complexity index is 797. The monoisotopic (exact) mass is 324 g/mol. The lowest BCUT2D eigenvalue weighted by Crippen LogP contribution is -2.42. The fourth-order valence-corrected chi connectivity index (χ4v) is 3.71. The third-order valence-electron chi connectivity index (χ3n) is 3.96. The summed E-state index contributed by atoms with van der Waals surface area (Å²) in [6.07, 6.45) is 0.571. The summed E-state index contributed by atoms with van der Waals surface area (Å²) in [7, 11) is 1.81. The van der Waals surface area contributed by atoms with Gasteiger partial charge in [-0.3, -0.25) is 4.79 Å². The summed E-state index contributed by atoms with van der Waals surface area (Å²) in [4.78, 5) is 14.2. The van der Waals surface area contributed by atoms with E-state index in [-0.39, 0.29) is 5.91 Å². The molecule has 23 heavy (non-hydrogen) atoms. The van der Waals surface area contributed by atoms with Gasteiger partial charge >= 0.3 is 0 Å². The van der Waals surface area contributed by atoms with Gasteiger partial charge in [-0.05, 0) is 34.4 Å². The van der Waals surface area contributed by atoms with Crippen LogP contribution in [0, 0.1) is 0 Å². The van der Waals surface area contributed by atoms with Crippen molar-refractivity contribution < 1.29 is 4.79 Å². The van der Waals surface area contributed by atoms with Crippen molar-refractivity contribution in [2.75, 3.05) is 7.05 Å².